The summed E-state index contributed by atoms with van der Waals surface area (Å²) in [7, 11) is 0. The molecule has 3 rings (SSSR count). The van der Waals surface area contributed by atoms with Crippen molar-refractivity contribution in [2.24, 2.45) is 5.73 Å². The van der Waals surface area contributed by atoms with Crippen LogP contribution in [0, 0.1) is 0 Å². The monoisotopic (exact) mass is 281 g/mol. The Morgan fingerprint density at radius 2 is 2.10 bits per heavy atom. The second-order valence-corrected chi connectivity index (χ2v) is 4.38. The van der Waals surface area contributed by atoms with E-state index in [1.807, 2.05) is 24.3 Å². The van der Waals surface area contributed by atoms with Crippen molar-refractivity contribution in [2.45, 2.75) is 0 Å². The second-order valence-electron chi connectivity index (χ2n) is 4.38. The van der Waals surface area contributed by atoms with Gasteiger partial charge in [-0.3, -0.25) is 14.8 Å². The van der Waals surface area contributed by atoms with E-state index < -0.39 is 11.6 Å². The number of hydrogen-bond acceptors (Lipinski definition) is 5. The third-order valence-corrected chi connectivity index (χ3v) is 2.95. The first-order valence-corrected chi connectivity index (χ1v) is 6.14. The molecule has 0 aliphatic carbocycles. The van der Waals surface area contributed by atoms with Crippen LogP contribution in [0.5, 0.6) is 0 Å². The van der Waals surface area contributed by atoms with Crippen LogP contribution in [-0.2, 0) is 0 Å². The maximum absolute atomic E-state index is 11.3. The number of nitrogens with one attached hydrogen (secondary N) is 2. The Morgan fingerprint density at radius 3 is 2.90 bits per heavy atom. The fourth-order valence-corrected chi connectivity index (χ4v) is 1.98. The average molecular weight is 281 g/mol. The molecule has 21 heavy (non-hydrogen) atoms. The lowest BCUT2D eigenvalue weighted by atomic mass is 10.2. The van der Waals surface area contributed by atoms with Crippen molar-refractivity contribution in [3.63, 3.8) is 0 Å². The molecule has 104 valence electrons. The van der Waals surface area contributed by atoms with Crippen LogP contribution in [0.25, 0.3) is 10.9 Å². The molecule has 1 aromatic carbocycles. The zero-order valence-electron chi connectivity index (χ0n) is 10.8. The SMILES string of the molecule is NC(=O)c1cnc(=O)[nH]c1Nc1ccc2ncccc2c1. The van der Waals surface area contributed by atoms with Gasteiger partial charge in [0.1, 0.15) is 5.82 Å². The molecule has 1 amide bonds. The number of nitrogens with two attached hydrogens (primary N) is 1. The maximum atomic E-state index is 11.3. The van der Waals surface area contributed by atoms with Crippen LogP contribution in [0.15, 0.2) is 47.5 Å². The highest BCUT2D eigenvalue weighted by Crippen LogP contribution is 2.21. The molecule has 3 aromatic rings. The van der Waals surface area contributed by atoms with Gasteiger partial charge in [0.05, 0.1) is 11.1 Å². The van der Waals surface area contributed by atoms with Gasteiger partial charge in [-0.2, -0.15) is 0 Å². The summed E-state index contributed by atoms with van der Waals surface area (Å²) < 4.78 is 0. The molecule has 0 aliphatic heterocycles. The van der Waals surface area contributed by atoms with Gasteiger partial charge in [-0.15, -0.1) is 0 Å². The summed E-state index contributed by atoms with van der Waals surface area (Å²) in [5, 5.41) is 3.89. The van der Waals surface area contributed by atoms with Gasteiger partial charge >= 0.3 is 5.69 Å². The fourth-order valence-electron chi connectivity index (χ4n) is 1.98. The normalized spacial score (nSPS) is 10.5. The van der Waals surface area contributed by atoms with E-state index in [9.17, 15) is 9.59 Å². The first-order chi connectivity index (χ1) is 10.1. The maximum Gasteiger partial charge on any atom is 0.346 e. The number of aromatic nitrogens is 3. The Hall–Kier alpha value is -3.22. The number of carbonyl (C=O) groups is 1. The molecule has 0 saturated carbocycles. The topological polar surface area (TPSA) is 114 Å². The Bertz CT molecular complexity index is 888. The van der Waals surface area contributed by atoms with E-state index in [0.29, 0.717) is 5.69 Å². The van der Waals surface area contributed by atoms with Gasteiger partial charge in [-0.1, -0.05) is 6.07 Å². The van der Waals surface area contributed by atoms with Gasteiger partial charge in [-0.25, -0.2) is 9.78 Å². The third kappa shape index (κ3) is 2.57. The van der Waals surface area contributed by atoms with Crippen LogP contribution in [0.4, 0.5) is 11.5 Å². The van der Waals surface area contributed by atoms with Crippen LogP contribution in [0.1, 0.15) is 10.4 Å². The van der Waals surface area contributed by atoms with Crippen LogP contribution in [0.3, 0.4) is 0 Å². The van der Waals surface area contributed by atoms with Gasteiger partial charge in [0, 0.05) is 23.5 Å². The summed E-state index contributed by atoms with van der Waals surface area (Å²) in [4.78, 5) is 32.8. The molecule has 0 bridgehead atoms. The molecule has 0 fully saturated rings. The molecular formula is C14H11N5O2. The van der Waals surface area contributed by atoms with Crippen molar-refractivity contribution < 1.29 is 4.79 Å². The molecular weight excluding hydrogens is 270 g/mol. The standard InChI is InChI=1S/C14H11N5O2/c15-12(20)10-7-17-14(21)19-13(10)18-9-3-4-11-8(6-9)2-1-5-16-11/h1-7H,(H2,15,20)(H2,17,18,19,21). The minimum atomic E-state index is -0.677. The molecule has 2 heterocycles. The van der Waals surface area contributed by atoms with Crippen LogP contribution < -0.4 is 16.7 Å². The second kappa shape index (κ2) is 5.04. The lowest BCUT2D eigenvalue weighted by Gasteiger charge is -2.09. The molecule has 7 nitrogen and oxygen atoms in total. The fraction of sp³-hybridized carbons (Fsp3) is 0. The number of H-pyrrole nitrogens is 1. The number of fused-ring (bicyclic) bond motifs is 1. The molecule has 2 aromatic heterocycles. The van der Waals surface area contributed by atoms with Gasteiger partial charge in [0.25, 0.3) is 5.91 Å². The van der Waals surface area contributed by atoms with Crippen molar-refractivity contribution in [3.05, 3.63) is 58.8 Å². The van der Waals surface area contributed by atoms with Crippen molar-refractivity contribution in [1.82, 2.24) is 15.0 Å². The van der Waals surface area contributed by atoms with E-state index in [-0.39, 0.29) is 11.4 Å². The summed E-state index contributed by atoms with van der Waals surface area (Å²) in [6.07, 6.45) is 2.85. The van der Waals surface area contributed by atoms with Crippen molar-refractivity contribution in [1.29, 1.82) is 0 Å². The van der Waals surface area contributed by atoms with E-state index in [0.717, 1.165) is 17.1 Å². The number of benzene rings is 1. The Labute approximate surface area is 118 Å². The molecule has 7 heteroatoms. The lowest BCUT2D eigenvalue weighted by Crippen LogP contribution is -2.20. The molecule has 0 atom stereocenters. The van der Waals surface area contributed by atoms with E-state index in [2.05, 4.69) is 20.3 Å². The summed E-state index contributed by atoms with van der Waals surface area (Å²) >= 11 is 0. The summed E-state index contributed by atoms with van der Waals surface area (Å²) in [6, 6.07) is 9.22. The van der Waals surface area contributed by atoms with Crippen molar-refractivity contribution in [3.8, 4) is 0 Å². The van der Waals surface area contributed by atoms with Gasteiger partial charge in [-0.05, 0) is 24.3 Å². The molecule has 0 radical (unpaired) electrons. The largest absolute Gasteiger partial charge is 0.365 e. The summed E-state index contributed by atoms with van der Waals surface area (Å²) in [5.41, 5.74) is 6.35. The number of aromatic amines is 1. The predicted octanol–water partition coefficient (Wildman–Crippen LogP) is 1.16. The van der Waals surface area contributed by atoms with Gasteiger partial charge in [0.15, 0.2) is 0 Å². The first kappa shape index (κ1) is 12.8. The number of nitrogens with zero attached hydrogens (tertiary/aromatic N) is 2. The molecule has 0 saturated heterocycles. The number of anilines is 2. The van der Waals surface area contributed by atoms with Crippen LogP contribution >= 0.6 is 0 Å². The zero-order valence-corrected chi connectivity index (χ0v) is 10.8. The predicted molar refractivity (Wildman–Crippen MR) is 78.4 cm³/mol. The smallest absolute Gasteiger partial charge is 0.346 e. The molecule has 0 spiro atoms. The van der Waals surface area contributed by atoms with Crippen LogP contribution in [-0.4, -0.2) is 20.9 Å². The van der Waals surface area contributed by atoms with E-state index in [1.54, 1.807) is 12.3 Å². The lowest BCUT2D eigenvalue weighted by molar-refractivity contribution is 0.100. The summed E-state index contributed by atoms with van der Waals surface area (Å²) in [6.45, 7) is 0. The average Bonchev–Trinajstić information content (AvgIpc) is 2.47. The summed E-state index contributed by atoms with van der Waals surface area (Å²) in [5.74, 6) is -0.463. The van der Waals surface area contributed by atoms with E-state index in [4.69, 9.17) is 5.73 Å². The Morgan fingerprint density at radius 1 is 1.24 bits per heavy atom. The number of rotatable bonds is 3. The minimum absolute atomic E-state index is 0.112. The van der Waals surface area contributed by atoms with E-state index in [1.165, 1.54) is 0 Å². The molecule has 4 N–H and O–H groups in total. The number of hydrogen-bond donors (Lipinski definition) is 3. The zero-order chi connectivity index (χ0) is 14.8. The highest BCUT2D eigenvalue weighted by Gasteiger charge is 2.10. The van der Waals surface area contributed by atoms with Crippen LogP contribution in [0.2, 0.25) is 0 Å². The Kier molecular flexibility index (Phi) is 3.07. The highest BCUT2D eigenvalue weighted by molar-refractivity contribution is 5.98. The number of carbonyl (C=O) groups excluding carboxylic acids is 1. The minimum Gasteiger partial charge on any atom is -0.365 e. The van der Waals surface area contributed by atoms with E-state index >= 15 is 0 Å². The highest BCUT2D eigenvalue weighted by atomic mass is 16.1. The van der Waals surface area contributed by atoms with Crippen molar-refractivity contribution >= 4 is 28.3 Å². The first-order valence-electron chi connectivity index (χ1n) is 6.14. The number of pyridine rings is 1. The van der Waals surface area contributed by atoms with Gasteiger partial charge < -0.3 is 11.1 Å². The Balaban J connectivity index is 2.04. The molecule has 0 aliphatic rings. The number of amides is 1. The quantitative estimate of drug-likeness (QED) is 0.666. The van der Waals surface area contributed by atoms with Crippen molar-refractivity contribution in [2.75, 3.05) is 5.32 Å². The molecule has 0 unspecified atom stereocenters. The van der Waals surface area contributed by atoms with Gasteiger partial charge in [0.2, 0.25) is 0 Å². The third-order valence-electron chi connectivity index (χ3n) is 2.95. The number of primary amides is 1.